The van der Waals surface area contributed by atoms with Crippen LogP contribution >= 0.6 is 34.9 Å². The number of carboxylic acid groups (broad SMARTS) is 1. The highest BCUT2D eigenvalue weighted by atomic mass is 35.5. The first-order chi connectivity index (χ1) is 18.8. The number of anilines is 1. The molecule has 0 aliphatic carbocycles. The lowest BCUT2D eigenvalue weighted by molar-refractivity contribution is -0.301. The maximum absolute atomic E-state index is 13.2. The molecule has 3 N–H and O–H groups in total. The molecule has 40 heavy (non-hydrogen) atoms. The topological polar surface area (TPSA) is 163 Å². The lowest BCUT2D eigenvalue weighted by atomic mass is 10.0. The van der Waals surface area contributed by atoms with Crippen LogP contribution in [0.5, 0.6) is 0 Å². The second-order valence-electron chi connectivity index (χ2n) is 10.6. The maximum atomic E-state index is 13.2. The van der Waals surface area contributed by atoms with E-state index in [4.69, 9.17) is 22.2 Å². The molecule has 3 atom stereocenters. The van der Waals surface area contributed by atoms with Crippen molar-refractivity contribution in [3.8, 4) is 0 Å². The summed E-state index contributed by atoms with van der Waals surface area (Å²) < 4.78 is 4.35. The molecular formula is C25H26ClN7O5S2. The van der Waals surface area contributed by atoms with Gasteiger partial charge in [-0.1, -0.05) is 16.8 Å². The average Bonchev–Trinajstić information content (AvgIpc) is 3.44. The van der Waals surface area contributed by atoms with Crippen LogP contribution < -0.4 is 20.6 Å². The summed E-state index contributed by atoms with van der Waals surface area (Å²) in [5.41, 5.74) is 7.00. The van der Waals surface area contributed by atoms with E-state index in [1.54, 1.807) is 26.8 Å². The molecule has 2 amide bonds. The lowest BCUT2D eigenvalue weighted by Crippen LogP contribution is -2.71. The molecule has 0 bridgehead atoms. The summed E-state index contributed by atoms with van der Waals surface area (Å²) in [6.07, 6.45) is 3.89. The molecule has 0 spiro atoms. The van der Waals surface area contributed by atoms with Gasteiger partial charge in [0.15, 0.2) is 5.13 Å². The van der Waals surface area contributed by atoms with Gasteiger partial charge in [-0.3, -0.25) is 19.0 Å². The van der Waals surface area contributed by atoms with E-state index in [1.165, 1.54) is 16.7 Å². The number of carboxylic acids is 1. The number of β-lactam (4-membered cyclic amide) rings is 1. The summed E-state index contributed by atoms with van der Waals surface area (Å²) in [6, 6.07) is 4.55. The Morgan fingerprint density at radius 3 is 2.77 bits per heavy atom. The summed E-state index contributed by atoms with van der Waals surface area (Å²) in [5.74, 6) is -2.49. The van der Waals surface area contributed by atoms with Crippen LogP contribution in [0.25, 0.3) is 6.08 Å². The molecule has 4 heterocycles. The zero-order valence-corrected chi connectivity index (χ0v) is 24.4. The number of hydrogen-bond donors (Lipinski definition) is 2. The van der Waals surface area contributed by atoms with E-state index in [0.717, 1.165) is 22.8 Å². The molecule has 1 unspecified atom stereocenters. The highest BCUT2D eigenvalue weighted by Crippen LogP contribution is 2.43. The number of nitrogens with two attached hydrogens (primary N) is 1. The highest BCUT2D eigenvalue weighted by molar-refractivity contribution is 8.00. The standard InChI is InChI=1S/C25H26ClN7O5S2/c1-25(2,3)38-30-16(19-29-24(27)40-31-19)20(34)28-17-21(35)32-18(23(36)37)13(11-39-22(17)32)10-33(4)8-7-12-9-14(26)5-6-15(12)33/h5-9,17,22H,10-11H2,1-4H3,(H3-,27,28,29,31,34,36,37)/b30-16-/t17-,22-,33?/m1/s1. The Kier molecular flexibility index (Phi) is 7.15. The number of amides is 2. The number of carbonyl (C=O) groups is 3. The Balaban J connectivity index is 1.37. The Bertz CT molecular complexity index is 1510. The van der Waals surface area contributed by atoms with E-state index in [9.17, 15) is 19.5 Å². The number of aromatic nitrogens is 2. The van der Waals surface area contributed by atoms with Gasteiger partial charge >= 0.3 is 0 Å². The Hall–Kier alpha value is -3.46. The number of carbonyl (C=O) groups excluding carboxylic acids is 3. The van der Waals surface area contributed by atoms with Crippen LogP contribution in [0.15, 0.2) is 40.8 Å². The number of halogens is 1. The van der Waals surface area contributed by atoms with E-state index in [-0.39, 0.29) is 22.4 Å². The fourth-order valence-electron chi connectivity index (χ4n) is 4.68. The van der Waals surface area contributed by atoms with E-state index >= 15 is 0 Å². The number of rotatable bonds is 7. The number of benzene rings is 1. The number of nitrogens with one attached hydrogen (secondary N) is 1. The van der Waals surface area contributed by atoms with Gasteiger partial charge in [0.05, 0.1) is 18.7 Å². The SMILES string of the molecule is CC(C)(C)O/N=C(\C(=O)N[C@@H]1C(=O)N2C(C(=O)[O-])=C(C[N+]3(C)C=Cc4cc(Cl)ccc43)CS[C@H]12)c1nsc(N)n1. The van der Waals surface area contributed by atoms with Gasteiger partial charge in [0, 0.05) is 45.6 Å². The van der Waals surface area contributed by atoms with E-state index in [1.807, 2.05) is 31.5 Å². The van der Waals surface area contributed by atoms with Crippen LogP contribution in [0.3, 0.4) is 0 Å². The smallest absolute Gasteiger partial charge is 0.278 e. The first kappa shape index (κ1) is 28.1. The van der Waals surface area contributed by atoms with Crippen molar-refractivity contribution >= 4 is 75.3 Å². The molecule has 1 fully saturated rings. The predicted molar refractivity (Wildman–Crippen MR) is 152 cm³/mol. The lowest BCUT2D eigenvalue weighted by Gasteiger charge is -2.51. The Morgan fingerprint density at radius 2 is 2.12 bits per heavy atom. The number of aliphatic carboxylic acids is 1. The summed E-state index contributed by atoms with van der Waals surface area (Å²) in [7, 11) is 1.95. The number of likely N-dealkylation sites (N-methyl/N-ethyl adjacent to an activating group) is 1. The number of hydrogen-bond acceptors (Lipinski definition) is 11. The van der Waals surface area contributed by atoms with Gasteiger partial charge in [0.25, 0.3) is 11.8 Å². The predicted octanol–water partition coefficient (Wildman–Crippen LogP) is 1.32. The van der Waals surface area contributed by atoms with Crippen LogP contribution in [0.2, 0.25) is 5.02 Å². The number of fused-ring (bicyclic) bond motifs is 2. The normalized spacial score (nSPS) is 24.0. The van der Waals surface area contributed by atoms with Gasteiger partial charge in [-0.05, 0) is 32.9 Å². The quantitative estimate of drug-likeness (QED) is 0.206. The zero-order chi connectivity index (χ0) is 29.0. The monoisotopic (exact) mass is 603 g/mol. The van der Waals surface area contributed by atoms with Crippen LogP contribution in [0, 0.1) is 0 Å². The van der Waals surface area contributed by atoms with Crippen molar-refractivity contribution in [2.45, 2.75) is 37.8 Å². The van der Waals surface area contributed by atoms with Crippen LogP contribution in [0.1, 0.15) is 32.2 Å². The van der Waals surface area contributed by atoms with Crippen molar-refractivity contribution in [1.29, 1.82) is 0 Å². The van der Waals surface area contributed by atoms with E-state index in [0.29, 0.717) is 27.4 Å². The molecule has 5 rings (SSSR count). The third-order valence-electron chi connectivity index (χ3n) is 6.45. The molecule has 210 valence electrons. The van der Waals surface area contributed by atoms with Crippen molar-refractivity contribution in [3.63, 3.8) is 0 Å². The van der Waals surface area contributed by atoms with Crippen molar-refractivity contribution in [3.05, 3.63) is 52.1 Å². The van der Waals surface area contributed by atoms with E-state index < -0.39 is 34.8 Å². The Morgan fingerprint density at radius 1 is 1.38 bits per heavy atom. The largest absolute Gasteiger partial charge is 0.543 e. The fourth-order valence-corrected chi connectivity index (χ4v) is 6.63. The number of oxime groups is 1. The van der Waals surface area contributed by atoms with Gasteiger partial charge in [-0.25, -0.2) is 0 Å². The van der Waals surface area contributed by atoms with Crippen molar-refractivity contribution in [2.24, 2.45) is 5.16 Å². The third kappa shape index (κ3) is 5.19. The minimum Gasteiger partial charge on any atom is -0.543 e. The molecule has 1 aromatic carbocycles. The second-order valence-corrected chi connectivity index (χ2v) is 13.0. The number of nitrogens with zero attached hydrogens (tertiary/aromatic N) is 5. The van der Waals surface area contributed by atoms with Crippen molar-refractivity contribution in [1.82, 2.24) is 24.1 Å². The molecule has 2 aromatic rings. The highest BCUT2D eigenvalue weighted by Gasteiger charge is 2.54. The van der Waals surface area contributed by atoms with Gasteiger partial charge in [-0.15, -0.1) is 11.8 Å². The number of nitrogen functional groups attached to an aromatic ring is 1. The molecule has 1 saturated heterocycles. The molecule has 12 nitrogen and oxygen atoms in total. The zero-order valence-electron chi connectivity index (χ0n) is 22.0. The molecule has 15 heteroatoms. The van der Waals surface area contributed by atoms with E-state index in [2.05, 4.69) is 19.8 Å². The number of thioether (sulfide) groups is 1. The average molecular weight is 604 g/mol. The molecular weight excluding hydrogens is 578 g/mol. The fraction of sp³-hybridized carbons (Fsp3) is 0.360. The summed E-state index contributed by atoms with van der Waals surface area (Å²) in [5, 5.41) is 19.0. The van der Waals surface area contributed by atoms with Crippen molar-refractivity contribution in [2.75, 3.05) is 25.1 Å². The summed E-state index contributed by atoms with van der Waals surface area (Å²) >= 11 is 8.37. The first-order valence-electron chi connectivity index (χ1n) is 12.2. The summed E-state index contributed by atoms with van der Waals surface area (Å²) in [6.45, 7) is 5.56. The molecule has 3 aliphatic rings. The molecule has 0 saturated carbocycles. The maximum Gasteiger partial charge on any atom is 0.278 e. The van der Waals surface area contributed by atoms with Crippen LogP contribution in [-0.2, 0) is 19.2 Å². The van der Waals surface area contributed by atoms with Gasteiger partial charge in [0.1, 0.15) is 35.4 Å². The van der Waals surface area contributed by atoms with Gasteiger partial charge < -0.3 is 25.8 Å². The van der Waals surface area contributed by atoms with Crippen molar-refractivity contribution < 1.29 is 24.3 Å². The molecule has 0 radical (unpaired) electrons. The van der Waals surface area contributed by atoms with Gasteiger partial charge in [0.2, 0.25) is 11.5 Å². The third-order valence-corrected chi connectivity index (χ3v) is 8.57. The van der Waals surface area contributed by atoms with Crippen LogP contribution in [0.4, 0.5) is 10.8 Å². The summed E-state index contributed by atoms with van der Waals surface area (Å²) in [4.78, 5) is 49.4. The Labute approximate surface area is 243 Å². The van der Waals surface area contributed by atoms with Crippen LogP contribution in [-0.4, -0.2) is 74.1 Å². The molecule has 1 aromatic heterocycles. The minimum absolute atomic E-state index is 0.0426. The second kappa shape index (κ2) is 10.2. The van der Waals surface area contributed by atoms with Gasteiger partial charge in [-0.2, -0.15) is 9.36 Å². The molecule has 3 aliphatic heterocycles. The number of quaternary nitrogens is 1. The minimum atomic E-state index is -1.45. The first-order valence-corrected chi connectivity index (χ1v) is 14.4.